The second-order valence-corrected chi connectivity index (χ2v) is 4.60. The normalized spacial score (nSPS) is 12.7. The highest BCUT2D eigenvalue weighted by Gasteiger charge is 2.09. The quantitative estimate of drug-likeness (QED) is 0.290. The van der Waals surface area contributed by atoms with Gasteiger partial charge in [-0.3, -0.25) is 4.99 Å². The molecule has 1 atom stereocenters. The van der Waals surface area contributed by atoms with Crippen LogP contribution in [0.5, 0.6) is 0 Å². The van der Waals surface area contributed by atoms with Gasteiger partial charge in [-0.25, -0.2) is 4.39 Å². The lowest BCUT2D eigenvalue weighted by molar-refractivity contribution is 0.186. The van der Waals surface area contributed by atoms with E-state index < -0.39 is 11.9 Å². The highest BCUT2D eigenvalue weighted by molar-refractivity contribution is 14.0. The Bertz CT molecular complexity index is 446. The van der Waals surface area contributed by atoms with Gasteiger partial charge in [0.2, 0.25) is 0 Å². The van der Waals surface area contributed by atoms with E-state index in [4.69, 9.17) is 17.3 Å². The van der Waals surface area contributed by atoms with Crippen LogP contribution in [0.15, 0.2) is 23.2 Å². The molecule has 1 aromatic carbocycles. The summed E-state index contributed by atoms with van der Waals surface area (Å²) in [5, 5.41) is 12.8. The van der Waals surface area contributed by atoms with Crippen LogP contribution in [0.3, 0.4) is 0 Å². The third-order valence-corrected chi connectivity index (χ3v) is 2.91. The molecule has 4 N–H and O–H groups in total. The average Bonchev–Trinajstić information content (AvgIpc) is 2.39. The maximum Gasteiger partial charge on any atom is 0.188 e. The Balaban J connectivity index is 0.00000361. The molecule has 0 saturated carbocycles. The first-order valence-corrected chi connectivity index (χ1v) is 6.59. The number of benzene rings is 1. The van der Waals surface area contributed by atoms with Gasteiger partial charge in [0.25, 0.3) is 0 Å². The molecule has 0 aliphatic rings. The summed E-state index contributed by atoms with van der Waals surface area (Å²) in [5.74, 6) is -0.279. The Morgan fingerprint density at radius 1 is 1.55 bits per heavy atom. The molecule has 0 aliphatic heterocycles. The lowest BCUT2D eigenvalue weighted by Crippen LogP contribution is -2.32. The molecule has 0 aromatic heterocycles. The van der Waals surface area contributed by atoms with Gasteiger partial charge < -0.3 is 16.2 Å². The molecule has 7 heteroatoms. The highest BCUT2D eigenvalue weighted by Crippen LogP contribution is 2.20. The van der Waals surface area contributed by atoms with Crippen molar-refractivity contribution in [3.05, 3.63) is 34.6 Å². The smallest absolute Gasteiger partial charge is 0.188 e. The molecule has 0 spiro atoms. The van der Waals surface area contributed by atoms with Gasteiger partial charge in [0, 0.05) is 6.54 Å². The summed E-state index contributed by atoms with van der Waals surface area (Å²) in [4.78, 5) is 4.00. The summed E-state index contributed by atoms with van der Waals surface area (Å²) in [6.45, 7) is 2.90. The summed E-state index contributed by atoms with van der Waals surface area (Å²) in [5.41, 5.74) is 6.05. The Hall–Kier alpha value is -0.600. The lowest BCUT2D eigenvalue weighted by Gasteiger charge is -2.10. The molecule has 0 amide bonds. The number of aliphatic hydroxyl groups is 1. The van der Waals surface area contributed by atoms with E-state index in [9.17, 15) is 9.50 Å². The van der Waals surface area contributed by atoms with Gasteiger partial charge in [-0.1, -0.05) is 31.0 Å². The summed E-state index contributed by atoms with van der Waals surface area (Å²) >= 11 is 5.57. The van der Waals surface area contributed by atoms with Crippen molar-refractivity contribution in [2.75, 3.05) is 13.1 Å². The van der Waals surface area contributed by atoms with Gasteiger partial charge in [-0.15, -0.1) is 24.0 Å². The molecular formula is C13H20ClFIN3O. The molecule has 20 heavy (non-hydrogen) atoms. The first-order valence-electron chi connectivity index (χ1n) is 6.21. The number of nitrogens with zero attached hydrogens (tertiary/aromatic N) is 1. The minimum absolute atomic E-state index is 0. The van der Waals surface area contributed by atoms with Gasteiger partial charge in [0.1, 0.15) is 5.82 Å². The number of aliphatic imine (C=N–C) groups is 1. The maximum absolute atomic E-state index is 13.2. The van der Waals surface area contributed by atoms with E-state index in [-0.39, 0.29) is 41.5 Å². The third kappa shape index (κ3) is 6.71. The van der Waals surface area contributed by atoms with Crippen molar-refractivity contribution in [2.45, 2.75) is 25.9 Å². The van der Waals surface area contributed by atoms with Crippen LogP contribution in [0, 0.1) is 5.82 Å². The molecule has 114 valence electrons. The minimum Gasteiger partial charge on any atom is -0.386 e. The van der Waals surface area contributed by atoms with Crippen molar-refractivity contribution >= 4 is 41.5 Å². The zero-order valence-corrected chi connectivity index (χ0v) is 14.4. The van der Waals surface area contributed by atoms with Crippen LogP contribution in [0.1, 0.15) is 31.4 Å². The predicted molar refractivity (Wildman–Crippen MR) is 91.2 cm³/mol. The number of guanidine groups is 1. The second kappa shape index (κ2) is 10.2. The highest BCUT2D eigenvalue weighted by atomic mass is 127. The summed E-state index contributed by atoms with van der Waals surface area (Å²) in [6.07, 6.45) is 1.16. The Kier molecular flexibility index (Phi) is 9.87. The summed E-state index contributed by atoms with van der Waals surface area (Å²) in [6, 6.07) is 4.16. The van der Waals surface area contributed by atoms with E-state index in [1.807, 2.05) is 0 Å². The van der Waals surface area contributed by atoms with Gasteiger partial charge >= 0.3 is 0 Å². The van der Waals surface area contributed by atoms with E-state index in [0.29, 0.717) is 5.56 Å². The molecule has 0 saturated heterocycles. The molecular weight excluding hydrogens is 396 g/mol. The van der Waals surface area contributed by atoms with Crippen molar-refractivity contribution < 1.29 is 9.50 Å². The van der Waals surface area contributed by atoms with Crippen molar-refractivity contribution in [3.63, 3.8) is 0 Å². The van der Waals surface area contributed by atoms with Crippen LogP contribution in [0.2, 0.25) is 5.02 Å². The fourth-order valence-corrected chi connectivity index (χ4v) is 1.58. The molecule has 0 fully saturated rings. The fourth-order valence-electron chi connectivity index (χ4n) is 1.46. The molecule has 1 unspecified atom stereocenters. The van der Waals surface area contributed by atoms with E-state index in [1.165, 1.54) is 12.1 Å². The molecule has 0 heterocycles. The summed E-state index contributed by atoms with van der Waals surface area (Å²) < 4.78 is 13.2. The van der Waals surface area contributed by atoms with Crippen LogP contribution in [0.25, 0.3) is 0 Å². The Labute approximate surface area is 140 Å². The van der Waals surface area contributed by atoms with Crippen LogP contribution in [0.4, 0.5) is 4.39 Å². The number of hydrogen-bond donors (Lipinski definition) is 3. The van der Waals surface area contributed by atoms with Gasteiger partial charge in [0.15, 0.2) is 5.96 Å². The number of halogens is 3. The lowest BCUT2D eigenvalue weighted by atomic mass is 10.1. The Morgan fingerprint density at radius 2 is 2.25 bits per heavy atom. The third-order valence-electron chi connectivity index (χ3n) is 2.60. The molecule has 0 radical (unpaired) electrons. The summed E-state index contributed by atoms with van der Waals surface area (Å²) in [7, 11) is 0. The molecule has 0 aliphatic carbocycles. The standard InChI is InChI=1S/C13H19ClFN3O.HI/c1-2-3-6-17-13(16)18-8-12(19)9-4-5-10(14)11(15)7-9;/h4-5,7,12,19H,2-3,6,8H2,1H3,(H3,16,17,18);1H. The molecule has 4 nitrogen and oxygen atoms in total. The van der Waals surface area contributed by atoms with Gasteiger partial charge in [-0.2, -0.15) is 0 Å². The van der Waals surface area contributed by atoms with Crippen LogP contribution >= 0.6 is 35.6 Å². The fraction of sp³-hybridized carbons (Fsp3) is 0.462. The van der Waals surface area contributed by atoms with Crippen LogP contribution in [-0.4, -0.2) is 24.2 Å². The average molecular weight is 416 g/mol. The number of nitrogens with two attached hydrogens (primary N) is 1. The van der Waals surface area contributed by atoms with Crippen molar-refractivity contribution in [3.8, 4) is 0 Å². The molecule has 0 bridgehead atoms. The zero-order valence-electron chi connectivity index (χ0n) is 11.3. The first-order chi connectivity index (χ1) is 9.04. The second-order valence-electron chi connectivity index (χ2n) is 4.20. The Morgan fingerprint density at radius 3 is 2.85 bits per heavy atom. The van der Waals surface area contributed by atoms with E-state index in [0.717, 1.165) is 19.4 Å². The number of unbranched alkanes of at least 4 members (excludes halogenated alkanes) is 1. The topological polar surface area (TPSA) is 70.6 Å². The number of nitrogens with one attached hydrogen (secondary N) is 1. The van der Waals surface area contributed by atoms with Gasteiger partial charge in [-0.05, 0) is 24.1 Å². The minimum atomic E-state index is -0.904. The molecule has 1 rings (SSSR count). The van der Waals surface area contributed by atoms with Crippen LogP contribution in [-0.2, 0) is 0 Å². The van der Waals surface area contributed by atoms with E-state index in [2.05, 4.69) is 17.2 Å². The van der Waals surface area contributed by atoms with Crippen LogP contribution < -0.4 is 11.1 Å². The zero-order chi connectivity index (χ0) is 14.3. The van der Waals surface area contributed by atoms with Crippen molar-refractivity contribution in [1.29, 1.82) is 0 Å². The first kappa shape index (κ1) is 19.4. The number of aliphatic hydroxyl groups excluding tert-OH is 1. The van der Waals surface area contributed by atoms with Crippen molar-refractivity contribution in [2.24, 2.45) is 10.7 Å². The largest absolute Gasteiger partial charge is 0.386 e. The number of rotatable bonds is 6. The molecule has 1 aromatic rings. The van der Waals surface area contributed by atoms with E-state index >= 15 is 0 Å². The number of hydrogen-bond acceptors (Lipinski definition) is 2. The predicted octanol–water partition coefficient (Wildman–Crippen LogP) is 2.83. The monoisotopic (exact) mass is 415 g/mol. The van der Waals surface area contributed by atoms with Crippen molar-refractivity contribution in [1.82, 2.24) is 5.32 Å². The van der Waals surface area contributed by atoms with Gasteiger partial charge in [0.05, 0.1) is 17.7 Å². The SMILES string of the molecule is CCCCNC(N)=NCC(O)c1ccc(Cl)c(F)c1.I. The maximum atomic E-state index is 13.2. The van der Waals surface area contributed by atoms with E-state index in [1.54, 1.807) is 6.07 Å².